The van der Waals surface area contributed by atoms with Crippen LogP contribution in [0.2, 0.25) is 0 Å². The molecule has 0 aliphatic rings. The third kappa shape index (κ3) is 5.20. The highest BCUT2D eigenvalue weighted by molar-refractivity contribution is 5.80. The number of fused-ring (bicyclic) bond motifs is 1. The maximum atomic E-state index is 12.1. The number of para-hydroxylation sites is 1. The number of nitrogens with one attached hydrogen (secondary N) is 1. The van der Waals surface area contributed by atoms with Crippen LogP contribution in [0.4, 0.5) is 0 Å². The molecular weight excluding hydrogens is 322 g/mol. The van der Waals surface area contributed by atoms with E-state index < -0.39 is 0 Å². The van der Waals surface area contributed by atoms with Crippen molar-refractivity contribution in [2.45, 2.75) is 25.9 Å². The molecule has 1 heterocycles. The number of hydrogen-bond acceptors (Lipinski definition) is 2. The average molecular weight is 349 g/mol. The zero-order valence-electron chi connectivity index (χ0n) is 15.4. The topological polar surface area (TPSA) is 37.3 Å². The average Bonchev–Trinajstić information content (AvgIpc) is 3.07. The van der Waals surface area contributed by atoms with Crippen molar-refractivity contribution in [2.24, 2.45) is 0 Å². The smallest absolute Gasteiger partial charge is 0.221 e. The van der Waals surface area contributed by atoms with Gasteiger partial charge in [0.25, 0.3) is 0 Å². The van der Waals surface area contributed by atoms with E-state index in [1.165, 1.54) is 16.5 Å². The Hall–Kier alpha value is -2.59. The Morgan fingerprint density at radius 1 is 1.04 bits per heavy atom. The molecule has 26 heavy (non-hydrogen) atoms. The van der Waals surface area contributed by atoms with Crippen molar-refractivity contribution in [1.82, 2.24) is 14.8 Å². The first-order valence-electron chi connectivity index (χ1n) is 9.25. The summed E-state index contributed by atoms with van der Waals surface area (Å²) in [5, 5.41) is 4.25. The Balaban J connectivity index is 1.33. The van der Waals surface area contributed by atoms with Gasteiger partial charge in [-0.05, 0) is 43.1 Å². The minimum atomic E-state index is 0.119. The van der Waals surface area contributed by atoms with Gasteiger partial charge in [0.05, 0.1) is 0 Å². The van der Waals surface area contributed by atoms with Gasteiger partial charge in [0, 0.05) is 37.8 Å². The van der Waals surface area contributed by atoms with Crippen LogP contribution in [0.25, 0.3) is 10.9 Å². The van der Waals surface area contributed by atoms with E-state index in [0.717, 1.165) is 26.1 Å². The van der Waals surface area contributed by atoms with Crippen LogP contribution >= 0.6 is 0 Å². The molecule has 0 unspecified atom stereocenters. The second kappa shape index (κ2) is 9.20. The van der Waals surface area contributed by atoms with Crippen LogP contribution in [0.5, 0.6) is 0 Å². The number of rotatable bonds is 9. The molecule has 1 aromatic heterocycles. The molecule has 0 radical (unpaired) electrons. The second-order valence-corrected chi connectivity index (χ2v) is 6.74. The summed E-state index contributed by atoms with van der Waals surface area (Å²) in [5.41, 5.74) is 2.50. The largest absolute Gasteiger partial charge is 0.356 e. The molecule has 0 aliphatic carbocycles. The van der Waals surface area contributed by atoms with E-state index in [4.69, 9.17) is 0 Å². The van der Waals surface area contributed by atoms with E-state index in [-0.39, 0.29) is 5.91 Å². The summed E-state index contributed by atoms with van der Waals surface area (Å²) in [6, 6.07) is 20.8. The van der Waals surface area contributed by atoms with Crippen LogP contribution < -0.4 is 5.32 Å². The molecule has 0 saturated carbocycles. The van der Waals surface area contributed by atoms with Crippen molar-refractivity contribution >= 4 is 16.8 Å². The number of amides is 1. The molecule has 4 heteroatoms. The third-order valence-electron chi connectivity index (χ3n) is 4.59. The van der Waals surface area contributed by atoms with Crippen molar-refractivity contribution in [3.8, 4) is 0 Å². The molecule has 0 fully saturated rings. The number of aromatic nitrogens is 1. The van der Waals surface area contributed by atoms with Gasteiger partial charge < -0.3 is 14.8 Å². The minimum Gasteiger partial charge on any atom is -0.356 e. The second-order valence-electron chi connectivity index (χ2n) is 6.74. The monoisotopic (exact) mass is 349 g/mol. The van der Waals surface area contributed by atoms with Gasteiger partial charge in [0.2, 0.25) is 5.91 Å². The Labute approximate surface area is 155 Å². The van der Waals surface area contributed by atoms with Gasteiger partial charge in [-0.15, -0.1) is 0 Å². The first-order chi connectivity index (χ1) is 12.7. The predicted molar refractivity (Wildman–Crippen MR) is 107 cm³/mol. The molecule has 1 N–H and O–H groups in total. The van der Waals surface area contributed by atoms with Crippen LogP contribution in [0.3, 0.4) is 0 Å². The third-order valence-corrected chi connectivity index (χ3v) is 4.59. The highest BCUT2D eigenvalue weighted by Crippen LogP contribution is 2.15. The fraction of sp³-hybridized carbons (Fsp3) is 0.318. The zero-order valence-corrected chi connectivity index (χ0v) is 15.4. The quantitative estimate of drug-likeness (QED) is 0.599. The van der Waals surface area contributed by atoms with E-state index in [1.54, 1.807) is 0 Å². The van der Waals surface area contributed by atoms with Gasteiger partial charge in [-0.25, -0.2) is 0 Å². The first kappa shape index (κ1) is 18.2. The normalized spacial score (nSPS) is 11.2. The summed E-state index contributed by atoms with van der Waals surface area (Å²) in [5.74, 6) is 0.119. The fourth-order valence-corrected chi connectivity index (χ4v) is 3.20. The van der Waals surface area contributed by atoms with Gasteiger partial charge in [-0.3, -0.25) is 4.79 Å². The Morgan fingerprint density at radius 2 is 1.81 bits per heavy atom. The van der Waals surface area contributed by atoms with Gasteiger partial charge in [-0.1, -0.05) is 48.5 Å². The van der Waals surface area contributed by atoms with E-state index >= 15 is 0 Å². The minimum absolute atomic E-state index is 0.119. The predicted octanol–water partition coefficient (Wildman–Crippen LogP) is 3.67. The summed E-state index contributed by atoms with van der Waals surface area (Å²) < 4.78 is 2.14. The molecule has 1 amide bonds. The van der Waals surface area contributed by atoms with Crippen LogP contribution in [0.15, 0.2) is 66.9 Å². The molecule has 0 bridgehead atoms. The lowest BCUT2D eigenvalue weighted by Gasteiger charge is -2.16. The standard InChI is InChI=1S/C22H27N3O/c1-24(18-19-8-3-2-4-9-19)15-7-14-23-22(26)13-17-25-16-12-20-10-5-6-11-21(20)25/h2-6,8-12,16H,7,13-15,17-18H2,1H3,(H,23,26). The molecule has 0 saturated heterocycles. The maximum Gasteiger partial charge on any atom is 0.221 e. The van der Waals surface area contributed by atoms with E-state index in [9.17, 15) is 4.79 Å². The lowest BCUT2D eigenvalue weighted by Crippen LogP contribution is -2.28. The molecule has 3 rings (SSSR count). The SMILES string of the molecule is CN(CCCNC(=O)CCn1ccc2ccccc21)Cc1ccccc1. The van der Waals surface area contributed by atoms with Crippen molar-refractivity contribution in [2.75, 3.05) is 20.1 Å². The highest BCUT2D eigenvalue weighted by atomic mass is 16.1. The van der Waals surface area contributed by atoms with E-state index in [1.807, 2.05) is 18.2 Å². The summed E-state index contributed by atoms with van der Waals surface area (Å²) in [6.07, 6.45) is 3.52. The molecule has 0 aliphatic heterocycles. The number of benzene rings is 2. The lowest BCUT2D eigenvalue weighted by atomic mass is 10.2. The van der Waals surface area contributed by atoms with Crippen molar-refractivity contribution in [3.05, 3.63) is 72.4 Å². The van der Waals surface area contributed by atoms with Gasteiger partial charge in [-0.2, -0.15) is 0 Å². The first-order valence-corrected chi connectivity index (χ1v) is 9.25. The summed E-state index contributed by atoms with van der Waals surface area (Å²) >= 11 is 0. The van der Waals surface area contributed by atoms with Crippen molar-refractivity contribution in [1.29, 1.82) is 0 Å². The molecule has 0 spiro atoms. The number of aryl methyl sites for hydroxylation is 1. The number of hydrogen-bond donors (Lipinski definition) is 1. The molecule has 2 aromatic carbocycles. The van der Waals surface area contributed by atoms with Crippen LogP contribution in [0.1, 0.15) is 18.4 Å². The maximum absolute atomic E-state index is 12.1. The fourth-order valence-electron chi connectivity index (χ4n) is 3.20. The van der Waals surface area contributed by atoms with E-state index in [0.29, 0.717) is 13.0 Å². The molecule has 4 nitrogen and oxygen atoms in total. The summed E-state index contributed by atoms with van der Waals surface area (Å²) in [4.78, 5) is 14.4. The van der Waals surface area contributed by atoms with Crippen molar-refractivity contribution in [3.63, 3.8) is 0 Å². The van der Waals surface area contributed by atoms with Gasteiger partial charge in [0.15, 0.2) is 0 Å². The van der Waals surface area contributed by atoms with Crippen LogP contribution in [0, 0.1) is 0 Å². The van der Waals surface area contributed by atoms with Crippen LogP contribution in [-0.4, -0.2) is 35.5 Å². The van der Waals surface area contributed by atoms with Gasteiger partial charge >= 0.3 is 0 Å². The Kier molecular flexibility index (Phi) is 6.45. The summed E-state index contributed by atoms with van der Waals surface area (Å²) in [7, 11) is 2.12. The lowest BCUT2D eigenvalue weighted by molar-refractivity contribution is -0.121. The highest BCUT2D eigenvalue weighted by Gasteiger charge is 2.05. The molecule has 3 aromatic rings. The molecular formula is C22H27N3O. The summed E-state index contributed by atoms with van der Waals surface area (Å²) in [6.45, 7) is 3.35. The van der Waals surface area contributed by atoms with Crippen molar-refractivity contribution < 1.29 is 4.79 Å². The van der Waals surface area contributed by atoms with Gasteiger partial charge in [0.1, 0.15) is 0 Å². The number of nitrogens with zero attached hydrogens (tertiary/aromatic N) is 2. The number of carbonyl (C=O) groups excluding carboxylic acids is 1. The number of carbonyl (C=O) groups is 1. The Bertz CT molecular complexity index is 826. The van der Waals surface area contributed by atoms with Crippen LogP contribution in [-0.2, 0) is 17.9 Å². The molecule has 0 atom stereocenters. The zero-order chi connectivity index (χ0) is 18.2. The van der Waals surface area contributed by atoms with E-state index in [2.05, 4.69) is 70.5 Å². The Morgan fingerprint density at radius 3 is 2.65 bits per heavy atom. The molecule has 136 valence electrons.